The van der Waals surface area contributed by atoms with E-state index in [1.807, 2.05) is 17.9 Å². The van der Waals surface area contributed by atoms with E-state index in [9.17, 15) is 4.79 Å². The molecule has 3 rings (SSSR count). The van der Waals surface area contributed by atoms with E-state index in [1.54, 1.807) is 19.0 Å². The Hall–Kier alpha value is -1.44. The average Bonchev–Trinajstić information content (AvgIpc) is 3.14. The number of likely N-dealkylation sites (tertiary alicyclic amines) is 1. The van der Waals surface area contributed by atoms with E-state index in [2.05, 4.69) is 16.2 Å². The lowest BCUT2D eigenvalue weighted by Gasteiger charge is -2.35. The third-order valence-electron chi connectivity index (χ3n) is 4.92. The number of aromatic nitrogens is 2. The molecule has 24 heavy (non-hydrogen) atoms. The number of nitrogens with zero attached hydrogens (tertiary/aromatic N) is 4. The molecule has 3 atom stereocenters. The molecule has 0 N–H and O–H groups in total. The highest BCUT2D eigenvalue weighted by Crippen LogP contribution is 2.32. The molecule has 2 fully saturated rings. The zero-order valence-electron chi connectivity index (χ0n) is 14.9. The van der Waals surface area contributed by atoms with Gasteiger partial charge in [0.05, 0.1) is 25.0 Å². The number of hydrogen-bond acceptors (Lipinski definition) is 5. The summed E-state index contributed by atoms with van der Waals surface area (Å²) in [5.74, 6) is -0.00722. The molecule has 2 aliphatic rings. The van der Waals surface area contributed by atoms with Gasteiger partial charge >= 0.3 is 0 Å². The Balaban J connectivity index is 1.44. The Kier molecular flexibility index (Phi) is 5.53. The van der Waals surface area contributed by atoms with E-state index >= 15 is 0 Å². The van der Waals surface area contributed by atoms with Gasteiger partial charge in [0.25, 0.3) is 0 Å². The predicted molar refractivity (Wildman–Crippen MR) is 89.4 cm³/mol. The molecule has 0 saturated carbocycles. The lowest BCUT2D eigenvalue weighted by atomic mass is 9.99. The van der Waals surface area contributed by atoms with Crippen LogP contribution >= 0.6 is 0 Å². The second-order valence-electron chi connectivity index (χ2n) is 7.03. The van der Waals surface area contributed by atoms with Crippen LogP contribution in [0.5, 0.6) is 0 Å². The molecule has 2 aliphatic heterocycles. The van der Waals surface area contributed by atoms with Crippen LogP contribution in [0.4, 0.5) is 0 Å². The average molecular weight is 336 g/mol. The van der Waals surface area contributed by atoms with Crippen LogP contribution < -0.4 is 0 Å². The highest BCUT2D eigenvalue weighted by Gasteiger charge is 2.39. The van der Waals surface area contributed by atoms with Crippen molar-refractivity contribution in [3.63, 3.8) is 0 Å². The van der Waals surface area contributed by atoms with Crippen molar-refractivity contribution in [1.82, 2.24) is 19.6 Å². The van der Waals surface area contributed by atoms with E-state index in [0.717, 1.165) is 32.4 Å². The topological polar surface area (TPSA) is 59.8 Å². The van der Waals surface area contributed by atoms with Gasteiger partial charge in [-0.3, -0.25) is 14.4 Å². The van der Waals surface area contributed by atoms with Crippen LogP contribution in [0, 0.1) is 0 Å². The lowest BCUT2D eigenvalue weighted by molar-refractivity contribution is -0.138. The number of fused-ring (bicyclic) bond motifs is 1. The fourth-order valence-corrected chi connectivity index (χ4v) is 3.60. The second kappa shape index (κ2) is 7.63. The Labute approximate surface area is 143 Å². The molecule has 0 aliphatic carbocycles. The molecule has 7 nitrogen and oxygen atoms in total. The predicted octanol–water partition coefficient (Wildman–Crippen LogP) is 0.647. The molecule has 2 saturated heterocycles. The summed E-state index contributed by atoms with van der Waals surface area (Å²) in [4.78, 5) is 15.6. The number of carbonyl (C=O) groups is 1. The van der Waals surface area contributed by atoms with Crippen molar-refractivity contribution in [2.75, 3.05) is 33.9 Å². The summed E-state index contributed by atoms with van der Waals surface area (Å²) in [5, 5.41) is 4.25. The Morgan fingerprint density at radius 1 is 1.42 bits per heavy atom. The van der Waals surface area contributed by atoms with Crippen LogP contribution in [0.25, 0.3) is 0 Å². The van der Waals surface area contributed by atoms with E-state index in [-0.39, 0.29) is 24.7 Å². The van der Waals surface area contributed by atoms with Crippen molar-refractivity contribution < 1.29 is 14.3 Å². The maximum atomic E-state index is 11.5. The van der Waals surface area contributed by atoms with Crippen LogP contribution in [0.3, 0.4) is 0 Å². The molecule has 1 aromatic heterocycles. The Morgan fingerprint density at radius 2 is 2.25 bits per heavy atom. The fourth-order valence-electron chi connectivity index (χ4n) is 3.60. The maximum absolute atomic E-state index is 11.5. The van der Waals surface area contributed by atoms with Crippen LogP contribution in [-0.4, -0.2) is 77.6 Å². The van der Waals surface area contributed by atoms with Crippen LogP contribution in [-0.2, 0) is 27.9 Å². The number of hydrogen-bond donors (Lipinski definition) is 0. The number of amides is 1. The summed E-state index contributed by atoms with van der Waals surface area (Å²) in [5.41, 5.74) is 1.26. The molecule has 0 unspecified atom stereocenters. The molecule has 1 amide bonds. The summed E-state index contributed by atoms with van der Waals surface area (Å²) in [6, 6.07) is 0.491. The first-order chi connectivity index (χ1) is 11.5. The maximum Gasteiger partial charge on any atom is 0.248 e. The van der Waals surface area contributed by atoms with Crippen LogP contribution in [0.2, 0.25) is 0 Å². The first kappa shape index (κ1) is 17.4. The molecule has 134 valence electrons. The molecular weight excluding hydrogens is 308 g/mol. The smallest absolute Gasteiger partial charge is 0.248 e. The highest BCUT2D eigenvalue weighted by atomic mass is 16.5. The number of likely N-dealkylation sites (N-methyl/N-ethyl adjacent to an activating group) is 1. The zero-order chi connectivity index (χ0) is 17.1. The molecule has 1 aromatic rings. The van der Waals surface area contributed by atoms with Gasteiger partial charge in [-0.25, -0.2) is 0 Å². The van der Waals surface area contributed by atoms with Gasteiger partial charge in [0.2, 0.25) is 5.91 Å². The molecule has 0 radical (unpaired) electrons. The molecular formula is C17H28N4O3. The van der Waals surface area contributed by atoms with Gasteiger partial charge in [0.15, 0.2) is 0 Å². The van der Waals surface area contributed by atoms with Gasteiger partial charge in [-0.05, 0) is 19.3 Å². The molecule has 0 bridgehead atoms. The molecule has 0 aromatic carbocycles. The molecule has 3 heterocycles. The largest absolute Gasteiger partial charge is 0.371 e. The first-order valence-electron chi connectivity index (χ1n) is 8.68. The number of aryl methyl sites for hydroxylation is 1. The van der Waals surface area contributed by atoms with E-state index < -0.39 is 0 Å². The standard InChI is InChI=1S/C17H28N4O3/c1-19(2)17(22)12-23-11-14-4-5-15-16(24-14)6-7-21(15)10-13-8-18-20(3)9-13/h8-9,14-16H,4-7,10-12H2,1-3H3/t14-,15-,16-/m1/s1. The number of ether oxygens (including phenoxy) is 2. The highest BCUT2D eigenvalue weighted by molar-refractivity contribution is 5.76. The summed E-state index contributed by atoms with van der Waals surface area (Å²) >= 11 is 0. The summed E-state index contributed by atoms with van der Waals surface area (Å²) in [6.45, 7) is 2.65. The van der Waals surface area contributed by atoms with E-state index in [4.69, 9.17) is 9.47 Å². The minimum Gasteiger partial charge on any atom is -0.371 e. The van der Waals surface area contributed by atoms with Gasteiger partial charge in [0, 0.05) is 52.0 Å². The molecule has 0 spiro atoms. The summed E-state index contributed by atoms with van der Waals surface area (Å²) in [6.07, 6.45) is 7.60. The van der Waals surface area contributed by atoms with Gasteiger partial charge in [-0.2, -0.15) is 5.10 Å². The third kappa shape index (κ3) is 4.15. The Bertz CT molecular complexity index is 560. The lowest BCUT2D eigenvalue weighted by Crippen LogP contribution is -2.43. The Morgan fingerprint density at radius 3 is 2.96 bits per heavy atom. The second-order valence-corrected chi connectivity index (χ2v) is 7.03. The van der Waals surface area contributed by atoms with Crippen LogP contribution in [0.15, 0.2) is 12.4 Å². The third-order valence-corrected chi connectivity index (χ3v) is 4.92. The SMILES string of the molecule is CN(C)C(=O)COC[C@H]1CC[C@@H]2[C@@H](CCN2Cc2cnn(C)c2)O1. The van der Waals surface area contributed by atoms with Gasteiger partial charge < -0.3 is 14.4 Å². The van der Waals surface area contributed by atoms with Crippen LogP contribution in [0.1, 0.15) is 24.8 Å². The van der Waals surface area contributed by atoms with Gasteiger partial charge in [0.1, 0.15) is 6.61 Å². The van der Waals surface area contributed by atoms with Crippen molar-refractivity contribution in [1.29, 1.82) is 0 Å². The van der Waals surface area contributed by atoms with Gasteiger partial charge in [-0.15, -0.1) is 0 Å². The number of rotatable bonds is 6. The van der Waals surface area contributed by atoms with Crippen molar-refractivity contribution in [2.45, 2.75) is 44.1 Å². The quantitative estimate of drug-likeness (QED) is 0.763. The number of carbonyl (C=O) groups excluding carboxylic acids is 1. The van der Waals surface area contributed by atoms with Crippen molar-refractivity contribution in [3.05, 3.63) is 18.0 Å². The van der Waals surface area contributed by atoms with E-state index in [1.165, 1.54) is 5.56 Å². The summed E-state index contributed by atoms with van der Waals surface area (Å²) in [7, 11) is 5.43. The van der Waals surface area contributed by atoms with Gasteiger partial charge in [-0.1, -0.05) is 0 Å². The van der Waals surface area contributed by atoms with E-state index in [0.29, 0.717) is 12.6 Å². The first-order valence-corrected chi connectivity index (χ1v) is 8.68. The minimum atomic E-state index is -0.00722. The summed E-state index contributed by atoms with van der Waals surface area (Å²) < 4.78 is 13.6. The van der Waals surface area contributed by atoms with Crippen molar-refractivity contribution >= 4 is 5.91 Å². The monoisotopic (exact) mass is 336 g/mol. The molecule has 7 heteroatoms. The van der Waals surface area contributed by atoms with Crippen molar-refractivity contribution in [2.24, 2.45) is 7.05 Å². The van der Waals surface area contributed by atoms with Crippen molar-refractivity contribution in [3.8, 4) is 0 Å². The minimum absolute atomic E-state index is 0.00722. The zero-order valence-corrected chi connectivity index (χ0v) is 14.9. The fraction of sp³-hybridized carbons (Fsp3) is 0.765. The normalized spacial score (nSPS) is 27.2.